The summed E-state index contributed by atoms with van der Waals surface area (Å²) in [4.78, 5) is 0. The Morgan fingerprint density at radius 3 is 0.941 bits per heavy atom. The zero-order chi connectivity index (χ0) is 44.5. The Labute approximate surface area is 393 Å². The number of benzene rings is 14. The first kappa shape index (κ1) is 37.4. The van der Waals surface area contributed by atoms with Gasteiger partial charge in [-0.2, -0.15) is 0 Å². The van der Waals surface area contributed by atoms with Gasteiger partial charge in [0.05, 0.1) is 0 Å². The average molecular weight is 857 g/mol. The smallest absolute Gasteiger partial charge is 0.000115 e. The summed E-state index contributed by atoms with van der Waals surface area (Å²) in [5, 5.41) is 20.0. The SMILES string of the molecule is c1ccc2cc(-c3c4c(c(-c5ccc6ccccc6c5)c5c(-c6ccc7ccccc7c6)c6ccccc6c(-c6ccc7ccccc7c6)c35)-c3cc5ccccc5c5cccc-4c35)ccc2c1. The minimum absolute atomic E-state index is 1.21. The van der Waals surface area contributed by atoms with Crippen molar-refractivity contribution in [2.75, 3.05) is 0 Å². The fourth-order valence-corrected chi connectivity index (χ4v) is 12.1. The largest absolute Gasteiger partial charge is 0.0616 e. The summed E-state index contributed by atoms with van der Waals surface area (Å²) in [7, 11) is 0. The van der Waals surface area contributed by atoms with Crippen LogP contribution in [0.15, 0.2) is 243 Å². The monoisotopic (exact) mass is 856 g/mol. The average Bonchev–Trinajstić information content (AvgIpc) is 3.72. The first-order valence-electron chi connectivity index (χ1n) is 23.7. The summed E-state index contributed by atoms with van der Waals surface area (Å²) < 4.78 is 0. The first-order valence-corrected chi connectivity index (χ1v) is 23.7. The fraction of sp³-hybridized carbons (Fsp3) is 0. The molecule has 0 spiro atoms. The lowest BCUT2D eigenvalue weighted by atomic mass is 9.75. The molecule has 0 unspecified atom stereocenters. The summed E-state index contributed by atoms with van der Waals surface area (Å²) in [5.74, 6) is 0. The summed E-state index contributed by atoms with van der Waals surface area (Å²) in [6.07, 6.45) is 0. The molecule has 14 aromatic rings. The number of hydrogen-bond donors (Lipinski definition) is 0. The molecule has 0 fully saturated rings. The minimum atomic E-state index is 1.21. The van der Waals surface area contributed by atoms with Crippen LogP contribution in [0.3, 0.4) is 0 Å². The zero-order valence-corrected chi connectivity index (χ0v) is 37.1. The van der Waals surface area contributed by atoms with Crippen LogP contribution in [0.2, 0.25) is 0 Å². The number of rotatable bonds is 4. The molecule has 0 bridgehead atoms. The second-order valence-electron chi connectivity index (χ2n) is 18.7. The second-order valence-corrected chi connectivity index (χ2v) is 18.7. The molecule has 0 heteroatoms. The van der Waals surface area contributed by atoms with Crippen molar-refractivity contribution in [2.45, 2.75) is 0 Å². The van der Waals surface area contributed by atoms with Crippen molar-refractivity contribution >= 4 is 86.2 Å². The molecule has 0 aromatic heterocycles. The lowest BCUT2D eigenvalue weighted by molar-refractivity contribution is 1.64. The minimum Gasteiger partial charge on any atom is -0.0616 e. The van der Waals surface area contributed by atoms with E-state index >= 15 is 0 Å². The molecule has 0 nitrogen and oxygen atoms in total. The Morgan fingerprint density at radius 2 is 0.500 bits per heavy atom. The molecule has 14 aromatic carbocycles. The van der Waals surface area contributed by atoms with E-state index < -0.39 is 0 Å². The summed E-state index contributed by atoms with van der Waals surface area (Å²) in [5.41, 5.74) is 15.1. The van der Waals surface area contributed by atoms with Crippen LogP contribution in [0.5, 0.6) is 0 Å². The van der Waals surface area contributed by atoms with Crippen molar-refractivity contribution < 1.29 is 0 Å². The van der Waals surface area contributed by atoms with E-state index in [1.165, 1.54) is 153 Å². The van der Waals surface area contributed by atoms with Gasteiger partial charge >= 0.3 is 0 Å². The zero-order valence-electron chi connectivity index (χ0n) is 37.1. The highest BCUT2D eigenvalue weighted by molar-refractivity contribution is 6.37. The van der Waals surface area contributed by atoms with E-state index in [-0.39, 0.29) is 0 Å². The van der Waals surface area contributed by atoms with E-state index in [0.29, 0.717) is 0 Å². The Bertz CT molecular complexity index is 4490. The molecule has 312 valence electrons. The van der Waals surface area contributed by atoms with Gasteiger partial charge in [-0.25, -0.2) is 0 Å². The third-order valence-electron chi connectivity index (χ3n) is 15.0. The van der Waals surface area contributed by atoms with Crippen LogP contribution in [0.4, 0.5) is 0 Å². The second kappa shape index (κ2) is 14.3. The van der Waals surface area contributed by atoms with Crippen molar-refractivity contribution in [1.82, 2.24) is 0 Å². The van der Waals surface area contributed by atoms with Gasteiger partial charge in [0, 0.05) is 0 Å². The highest BCUT2D eigenvalue weighted by Crippen LogP contribution is 2.62. The fourth-order valence-electron chi connectivity index (χ4n) is 12.1. The molecule has 0 atom stereocenters. The van der Waals surface area contributed by atoms with E-state index in [1.54, 1.807) is 0 Å². The normalized spacial score (nSPS) is 12.1. The Kier molecular flexibility index (Phi) is 7.88. The van der Waals surface area contributed by atoms with Crippen molar-refractivity contribution in [3.63, 3.8) is 0 Å². The molecule has 0 radical (unpaired) electrons. The van der Waals surface area contributed by atoms with Gasteiger partial charge in [-0.05, 0) is 183 Å². The summed E-state index contributed by atoms with van der Waals surface area (Å²) in [6, 6.07) is 91.6. The maximum absolute atomic E-state index is 2.49. The summed E-state index contributed by atoms with van der Waals surface area (Å²) >= 11 is 0. The maximum Gasteiger partial charge on any atom is -0.000115 e. The maximum atomic E-state index is 2.49. The topological polar surface area (TPSA) is 0 Å². The molecular weight excluding hydrogens is 817 g/mol. The third kappa shape index (κ3) is 5.37. The van der Waals surface area contributed by atoms with Gasteiger partial charge in [-0.3, -0.25) is 0 Å². The van der Waals surface area contributed by atoms with Gasteiger partial charge in [-0.15, -0.1) is 0 Å². The predicted molar refractivity (Wildman–Crippen MR) is 293 cm³/mol. The highest BCUT2D eigenvalue weighted by Gasteiger charge is 2.34. The molecule has 0 amide bonds. The van der Waals surface area contributed by atoms with Crippen LogP contribution >= 0.6 is 0 Å². The Balaban J connectivity index is 1.27. The van der Waals surface area contributed by atoms with E-state index in [9.17, 15) is 0 Å². The molecule has 15 rings (SSSR count). The van der Waals surface area contributed by atoms with Gasteiger partial charge in [0.15, 0.2) is 0 Å². The Morgan fingerprint density at radius 1 is 0.162 bits per heavy atom. The standard InChI is InChI=1S/C68H40/c1-5-18-45-36-50(32-28-41(45)14-1)60-56-24-11-12-25-57(56)61(51-33-29-42-15-2-6-19-46(42)37-51)68-63(53-35-31-44-17-4-8-21-48(44)39-53)66-59-40-49-22-9-10-23-54(49)55-26-13-27-58(64(55)59)65(66)62(67(60)68)52-34-30-43-16-3-7-20-47(43)38-52/h1-40H. The van der Waals surface area contributed by atoms with Crippen molar-refractivity contribution in [1.29, 1.82) is 0 Å². The molecule has 0 N–H and O–H groups in total. The van der Waals surface area contributed by atoms with Crippen LogP contribution in [0, 0.1) is 0 Å². The van der Waals surface area contributed by atoms with Crippen LogP contribution in [0.25, 0.3) is 153 Å². The molecule has 1 aliphatic rings. The molecule has 0 saturated carbocycles. The lowest BCUT2D eigenvalue weighted by Gasteiger charge is -2.27. The Hall–Kier alpha value is -8.84. The van der Waals surface area contributed by atoms with E-state index in [1.807, 2.05) is 0 Å². The molecule has 1 aliphatic carbocycles. The van der Waals surface area contributed by atoms with Crippen LogP contribution < -0.4 is 0 Å². The van der Waals surface area contributed by atoms with Gasteiger partial charge in [0.2, 0.25) is 0 Å². The van der Waals surface area contributed by atoms with Gasteiger partial charge in [0.1, 0.15) is 0 Å². The van der Waals surface area contributed by atoms with Gasteiger partial charge in [-0.1, -0.05) is 212 Å². The van der Waals surface area contributed by atoms with E-state index in [0.717, 1.165) is 0 Å². The quantitative estimate of drug-likeness (QED) is 0.122. The molecule has 0 saturated heterocycles. The molecular formula is C68H40. The first-order chi connectivity index (χ1) is 33.7. The molecule has 68 heavy (non-hydrogen) atoms. The lowest BCUT2D eigenvalue weighted by Crippen LogP contribution is -1.99. The third-order valence-corrected chi connectivity index (χ3v) is 15.0. The van der Waals surface area contributed by atoms with Gasteiger partial charge < -0.3 is 0 Å². The van der Waals surface area contributed by atoms with Crippen molar-refractivity contribution in [3.05, 3.63) is 243 Å². The number of fused-ring (bicyclic) bond motifs is 11. The van der Waals surface area contributed by atoms with Crippen LogP contribution in [0.1, 0.15) is 0 Å². The van der Waals surface area contributed by atoms with Crippen LogP contribution in [-0.2, 0) is 0 Å². The number of hydrogen-bond acceptors (Lipinski definition) is 0. The molecule has 0 aliphatic heterocycles. The van der Waals surface area contributed by atoms with Gasteiger partial charge in [0.25, 0.3) is 0 Å². The van der Waals surface area contributed by atoms with Crippen LogP contribution in [-0.4, -0.2) is 0 Å². The summed E-state index contributed by atoms with van der Waals surface area (Å²) in [6.45, 7) is 0. The van der Waals surface area contributed by atoms with Crippen molar-refractivity contribution in [2.24, 2.45) is 0 Å². The van der Waals surface area contributed by atoms with E-state index in [2.05, 4.69) is 243 Å². The van der Waals surface area contributed by atoms with E-state index in [4.69, 9.17) is 0 Å². The predicted octanol–water partition coefficient (Wildman–Crippen LogP) is 19.2. The highest BCUT2D eigenvalue weighted by atomic mass is 14.4. The van der Waals surface area contributed by atoms with Crippen molar-refractivity contribution in [3.8, 4) is 66.8 Å². The molecule has 0 heterocycles.